The van der Waals surface area contributed by atoms with Crippen LogP contribution in [0, 0.1) is 11.8 Å². The van der Waals surface area contributed by atoms with Gasteiger partial charge in [0, 0.05) is 32.1 Å². The Labute approximate surface area is 115 Å². The molecular formula is C16H22N2O. The van der Waals surface area contributed by atoms with E-state index in [9.17, 15) is 4.79 Å². The number of carbonyl (C=O) groups excluding carboxylic acids is 1. The summed E-state index contributed by atoms with van der Waals surface area (Å²) in [5.41, 5.74) is 2.91. The highest BCUT2D eigenvalue weighted by Crippen LogP contribution is 2.37. The van der Waals surface area contributed by atoms with Gasteiger partial charge >= 0.3 is 0 Å². The molecule has 1 aromatic carbocycles. The highest BCUT2D eigenvalue weighted by molar-refractivity contribution is 5.81. The van der Waals surface area contributed by atoms with Crippen LogP contribution >= 0.6 is 0 Å². The molecule has 1 saturated carbocycles. The lowest BCUT2D eigenvalue weighted by Crippen LogP contribution is -2.29. The second kappa shape index (κ2) is 5.33. The van der Waals surface area contributed by atoms with Crippen LogP contribution in [0.5, 0.6) is 0 Å². The molecule has 19 heavy (non-hydrogen) atoms. The first-order valence-electron chi connectivity index (χ1n) is 7.31. The normalized spacial score (nSPS) is 25.1. The second-order valence-electron chi connectivity index (χ2n) is 5.94. The largest absolute Gasteiger partial charge is 0.356 e. The molecule has 2 aliphatic rings. The van der Waals surface area contributed by atoms with Crippen molar-refractivity contribution in [2.45, 2.75) is 32.9 Å². The first-order chi connectivity index (χ1) is 9.24. The average molecular weight is 258 g/mol. The lowest BCUT2D eigenvalue weighted by molar-refractivity contribution is -0.122. The molecule has 0 spiro atoms. The number of hydrogen-bond donors (Lipinski definition) is 1. The van der Waals surface area contributed by atoms with Gasteiger partial charge < -0.3 is 5.32 Å². The zero-order valence-electron chi connectivity index (χ0n) is 11.6. The van der Waals surface area contributed by atoms with Crippen LogP contribution in [-0.4, -0.2) is 23.9 Å². The molecule has 1 fully saturated rings. The zero-order chi connectivity index (χ0) is 13.2. The molecule has 0 aromatic heterocycles. The Bertz CT molecular complexity index is 447. The quantitative estimate of drug-likeness (QED) is 0.821. The van der Waals surface area contributed by atoms with Crippen molar-refractivity contribution >= 4 is 5.91 Å². The van der Waals surface area contributed by atoms with Crippen molar-refractivity contribution in [1.82, 2.24) is 10.2 Å². The van der Waals surface area contributed by atoms with Crippen LogP contribution in [0.25, 0.3) is 0 Å². The maximum Gasteiger partial charge on any atom is 0.223 e. The smallest absolute Gasteiger partial charge is 0.223 e. The Balaban J connectivity index is 1.35. The van der Waals surface area contributed by atoms with E-state index < -0.39 is 0 Å². The summed E-state index contributed by atoms with van der Waals surface area (Å²) in [5.74, 6) is 1.17. The van der Waals surface area contributed by atoms with E-state index in [1.54, 1.807) is 0 Å². The van der Waals surface area contributed by atoms with E-state index in [1.165, 1.54) is 11.1 Å². The van der Waals surface area contributed by atoms with Crippen molar-refractivity contribution in [3.05, 3.63) is 35.4 Å². The van der Waals surface area contributed by atoms with Gasteiger partial charge in [-0.15, -0.1) is 0 Å². The van der Waals surface area contributed by atoms with Gasteiger partial charge in [0.25, 0.3) is 0 Å². The standard InChI is InChI=1S/C16H22N2O/c1-12-9-15(12)16(19)17-7-4-8-18-10-13-5-2-3-6-14(13)11-18/h2-3,5-6,12,15H,4,7-11H2,1H3,(H,17,19). The van der Waals surface area contributed by atoms with E-state index in [4.69, 9.17) is 0 Å². The van der Waals surface area contributed by atoms with Gasteiger partial charge in [0.1, 0.15) is 0 Å². The molecule has 0 saturated heterocycles. The summed E-state index contributed by atoms with van der Waals surface area (Å²) in [4.78, 5) is 14.1. The number of nitrogens with zero attached hydrogens (tertiary/aromatic N) is 1. The van der Waals surface area contributed by atoms with Gasteiger partial charge in [-0.2, -0.15) is 0 Å². The van der Waals surface area contributed by atoms with Crippen molar-refractivity contribution in [3.8, 4) is 0 Å². The van der Waals surface area contributed by atoms with Crippen LogP contribution in [0.4, 0.5) is 0 Å². The molecule has 102 valence electrons. The van der Waals surface area contributed by atoms with Crippen molar-refractivity contribution in [2.75, 3.05) is 13.1 Å². The summed E-state index contributed by atoms with van der Waals surface area (Å²) >= 11 is 0. The van der Waals surface area contributed by atoms with Gasteiger partial charge in [-0.1, -0.05) is 31.2 Å². The Kier molecular flexibility index (Phi) is 3.56. The maximum atomic E-state index is 11.7. The molecule has 1 aliphatic carbocycles. The molecule has 3 heteroatoms. The van der Waals surface area contributed by atoms with Crippen molar-refractivity contribution < 1.29 is 4.79 Å². The molecular weight excluding hydrogens is 236 g/mol. The van der Waals surface area contributed by atoms with Gasteiger partial charge in [-0.3, -0.25) is 9.69 Å². The van der Waals surface area contributed by atoms with Crippen LogP contribution in [0.15, 0.2) is 24.3 Å². The van der Waals surface area contributed by atoms with Crippen molar-refractivity contribution in [1.29, 1.82) is 0 Å². The molecule has 0 radical (unpaired) electrons. The molecule has 2 unspecified atom stereocenters. The molecule has 3 rings (SSSR count). The second-order valence-corrected chi connectivity index (χ2v) is 5.94. The number of benzene rings is 1. The minimum absolute atomic E-state index is 0.261. The Morgan fingerprint density at radius 1 is 1.32 bits per heavy atom. The van der Waals surface area contributed by atoms with Crippen LogP contribution < -0.4 is 5.32 Å². The summed E-state index contributed by atoms with van der Waals surface area (Å²) in [5, 5.41) is 3.05. The highest BCUT2D eigenvalue weighted by Gasteiger charge is 2.38. The fourth-order valence-electron chi connectivity index (χ4n) is 2.89. The van der Waals surface area contributed by atoms with Gasteiger partial charge in [-0.05, 0) is 29.9 Å². The van der Waals surface area contributed by atoms with E-state index >= 15 is 0 Å². The SMILES string of the molecule is CC1CC1C(=O)NCCCN1Cc2ccccc2C1. The van der Waals surface area contributed by atoms with Gasteiger partial charge in [0.2, 0.25) is 5.91 Å². The van der Waals surface area contributed by atoms with Crippen LogP contribution in [0.2, 0.25) is 0 Å². The van der Waals surface area contributed by atoms with E-state index in [-0.39, 0.29) is 5.91 Å². The minimum Gasteiger partial charge on any atom is -0.356 e. The van der Waals surface area contributed by atoms with Crippen LogP contribution in [0.3, 0.4) is 0 Å². The molecule has 3 nitrogen and oxygen atoms in total. The minimum atomic E-state index is 0.261. The molecule has 1 heterocycles. The fraction of sp³-hybridized carbons (Fsp3) is 0.562. The summed E-state index contributed by atoms with van der Waals surface area (Å²) < 4.78 is 0. The summed E-state index contributed by atoms with van der Waals surface area (Å²) in [6.45, 7) is 6.14. The van der Waals surface area contributed by atoms with Crippen molar-refractivity contribution in [2.24, 2.45) is 11.8 Å². The van der Waals surface area contributed by atoms with Crippen molar-refractivity contribution in [3.63, 3.8) is 0 Å². The third-order valence-electron chi connectivity index (χ3n) is 4.30. The number of nitrogens with one attached hydrogen (secondary N) is 1. The van der Waals surface area contributed by atoms with Gasteiger partial charge in [0.05, 0.1) is 0 Å². The third-order valence-corrected chi connectivity index (χ3v) is 4.30. The monoisotopic (exact) mass is 258 g/mol. The molecule has 1 N–H and O–H groups in total. The zero-order valence-corrected chi connectivity index (χ0v) is 11.6. The average Bonchev–Trinajstić information content (AvgIpc) is 3.00. The summed E-state index contributed by atoms with van der Waals surface area (Å²) in [7, 11) is 0. The van der Waals surface area contributed by atoms with E-state index in [0.29, 0.717) is 11.8 Å². The van der Waals surface area contributed by atoms with E-state index in [0.717, 1.165) is 39.0 Å². The molecule has 1 aliphatic heterocycles. The molecule has 1 aromatic rings. The predicted octanol–water partition coefficient (Wildman–Crippen LogP) is 2.16. The van der Waals surface area contributed by atoms with Crippen LogP contribution in [-0.2, 0) is 17.9 Å². The Morgan fingerprint density at radius 3 is 2.53 bits per heavy atom. The van der Waals surface area contributed by atoms with Crippen LogP contribution in [0.1, 0.15) is 30.9 Å². The molecule has 2 atom stereocenters. The van der Waals surface area contributed by atoms with E-state index in [1.807, 2.05) is 0 Å². The number of carbonyl (C=O) groups is 1. The number of hydrogen-bond acceptors (Lipinski definition) is 2. The topological polar surface area (TPSA) is 32.3 Å². The number of amides is 1. The first kappa shape index (κ1) is 12.7. The Morgan fingerprint density at radius 2 is 1.95 bits per heavy atom. The maximum absolute atomic E-state index is 11.7. The predicted molar refractivity (Wildman–Crippen MR) is 75.5 cm³/mol. The lowest BCUT2D eigenvalue weighted by Gasteiger charge is -2.14. The highest BCUT2D eigenvalue weighted by atomic mass is 16.2. The molecule has 1 amide bonds. The number of fused-ring (bicyclic) bond motifs is 1. The van der Waals surface area contributed by atoms with Gasteiger partial charge in [0.15, 0.2) is 0 Å². The summed E-state index contributed by atoms with van der Waals surface area (Å²) in [6.07, 6.45) is 2.12. The third kappa shape index (κ3) is 2.98. The first-order valence-corrected chi connectivity index (χ1v) is 7.31. The fourth-order valence-corrected chi connectivity index (χ4v) is 2.89. The Hall–Kier alpha value is -1.35. The van der Waals surface area contributed by atoms with E-state index in [2.05, 4.69) is 41.4 Å². The van der Waals surface area contributed by atoms with Gasteiger partial charge in [-0.25, -0.2) is 0 Å². The number of rotatable bonds is 5. The summed E-state index contributed by atoms with van der Waals surface area (Å²) in [6, 6.07) is 8.65. The lowest BCUT2D eigenvalue weighted by atomic mass is 10.1. The molecule has 0 bridgehead atoms.